The summed E-state index contributed by atoms with van der Waals surface area (Å²) in [6, 6.07) is 0. The van der Waals surface area contributed by atoms with Gasteiger partial charge in [0, 0.05) is 6.61 Å². The van der Waals surface area contributed by atoms with E-state index in [-0.39, 0.29) is 0 Å². The van der Waals surface area contributed by atoms with E-state index >= 15 is 0 Å². The highest BCUT2D eigenvalue weighted by atomic mass is 16.5. The molecule has 0 aliphatic carbocycles. The Kier molecular flexibility index (Phi) is 5.57. The highest BCUT2D eigenvalue weighted by Gasteiger charge is 2.20. The van der Waals surface area contributed by atoms with Crippen LogP contribution in [0.3, 0.4) is 0 Å². The predicted octanol–water partition coefficient (Wildman–Crippen LogP) is 3.24. The summed E-state index contributed by atoms with van der Waals surface area (Å²) in [5, 5.41) is 0. The van der Waals surface area contributed by atoms with E-state index in [4.69, 9.17) is 4.74 Å². The van der Waals surface area contributed by atoms with Crippen molar-refractivity contribution in [3.8, 4) is 0 Å². The Morgan fingerprint density at radius 3 is 2.18 bits per heavy atom. The molecule has 0 heterocycles. The molecule has 0 aromatic carbocycles. The van der Waals surface area contributed by atoms with Crippen LogP contribution in [0.15, 0.2) is 0 Å². The van der Waals surface area contributed by atoms with E-state index in [2.05, 4.69) is 27.7 Å². The van der Waals surface area contributed by atoms with Crippen molar-refractivity contribution in [1.29, 1.82) is 0 Å². The maximum Gasteiger partial charge on any atom is 0.0519 e. The van der Waals surface area contributed by atoms with Crippen LogP contribution in [0.4, 0.5) is 0 Å². The largest absolute Gasteiger partial charge is 0.381 e. The maximum atomic E-state index is 5.44. The third-order valence-corrected chi connectivity index (χ3v) is 2.36. The fourth-order valence-corrected chi connectivity index (χ4v) is 1.30. The second kappa shape index (κ2) is 5.59. The Balaban J connectivity index is 3.68. The summed E-state index contributed by atoms with van der Waals surface area (Å²) in [4.78, 5) is 0. The number of hydrogen-bond donors (Lipinski definition) is 0. The van der Waals surface area contributed by atoms with Crippen LogP contribution in [0.2, 0.25) is 0 Å². The summed E-state index contributed by atoms with van der Waals surface area (Å²) in [5.41, 5.74) is 0.421. The SMILES string of the molecule is CCCC(C)(CC)COCC. The number of rotatable bonds is 6. The van der Waals surface area contributed by atoms with Crippen molar-refractivity contribution in [2.24, 2.45) is 5.41 Å². The molecule has 0 N–H and O–H groups in total. The molecule has 0 rings (SSSR count). The van der Waals surface area contributed by atoms with E-state index in [0.717, 1.165) is 13.2 Å². The Morgan fingerprint density at radius 1 is 1.18 bits per heavy atom. The van der Waals surface area contributed by atoms with Gasteiger partial charge in [0.05, 0.1) is 6.61 Å². The van der Waals surface area contributed by atoms with Crippen molar-refractivity contribution in [2.45, 2.75) is 47.0 Å². The zero-order valence-corrected chi connectivity index (χ0v) is 8.44. The molecule has 0 amide bonds. The molecule has 1 heteroatoms. The minimum Gasteiger partial charge on any atom is -0.381 e. The van der Waals surface area contributed by atoms with Gasteiger partial charge in [-0.1, -0.05) is 27.2 Å². The maximum absolute atomic E-state index is 5.44. The topological polar surface area (TPSA) is 9.23 Å². The van der Waals surface area contributed by atoms with Gasteiger partial charge >= 0.3 is 0 Å². The number of ether oxygens (including phenoxy) is 1. The first-order valence-electron chi connectivity index (χ1n) is 4.76. The summed E-state index contributed by atoms with van der Waals surface area (Å²) in [6.07, 6.45) is 3.77. The zero-order valence-electron chi connectivity index (χ0n) is 8.44. The molecule has 0 fully saturated rings. The van der Waals surface area contributed by atoms with E-state index in [9.17, 15) is 0 Å². The molecular formula is C10H22O. The van der Waals surface area contributed by atoms with Gasteiger partial charge in [-0.15, -0.1) is 0 Å². The summed E-state index contributed by atoms with van der Waals surface area (Å²) in [6.45, 7) is 10.6. The molecule has 0 aromatic heterocycles. The van der Waals surface area contributed by atoms with E-state index in [0.29, 0.717) is 5.41 Å². The van der Waals surface area contributed by atoms with Gasteiger partial charge in [-0.05, 0) is 25.2 Å². The minimum atomic E-state index is 0.421. The van der Waals surface area contributed by atoms with Crippen molar-refractivity contribution < 1.29 is 4.74 Å². The standard InChI is InChI=1S/C10H22O/c1-5-8-10(4,6-2)9-11-7-3/h5-9H2,1-4H3. The van der Waals surface area contributed by atoms with Crippen molar-refractivity contribution >= 4 is 0 Å². The smallest absolute Gasteiger partial charge is 0.0519 e. The van der Waals surface area contributed by atoms with Crippen LogP contribution >= 0.6 is 0 Å². The normalized spacial score (nSPS) is 16.4. The van der Waals surface area contributed by atoms with E-state index < -0.39 is 0 Å². The average Bonchev–Trinajstić information content (AvgIpc) is 2.02. The molecule has 1 nitrogen and oxygen atoms in total. The second-order valence-electron chi connectivity index (χ2n) is 3.55. The van der Waals surface area contributed by atoms with E-state index in [1.807, 2.05) is 0 Å². The van der Waals surface area contributed by atoms with Crippen LogP contribution in [-0.2, 0) is 4.74 Å². The van der Waals surface area contributed by atoms with Crippen LogP contribution in [0.5, 0.6) is 0 Å². The summed E-state index contributed by atoms with van der Waals surface area (Å²) >= 11 is 0. The lowest BCUT2D eigenvalue weighted by atomic mass is 9.84. The van der Waals surface area contributed by atoms with Crippen molar-refractivity contribution in [1.82, 2.24) is 0 Å². The third kappa shape index (κ3) is 4.41. The third-order valence-electron chi connectivity index (χ3n) is 2.36. The molecule has 68 valence electrons. The van der Waals surface area contributed by atoms with Crippen LogP contribution < -0.4 is 0 Å². The van der Waals surface area contributed by atoms with E-state index in [1.165, 1.54) is 19.3 Å². The van der Waals surface area contributed by atoms with Gasteiger partial charge in [0.2, 0.25) is 0 Å². The zero-order chi connectivity index (χ0) is 8.74. The quantitative estimate of drug-likeness (QED) is 0.576. The molecule has 0 radical (unpaired) electrons. The first-order chi connectivity index (χ1) is 5.18. The highest BCUT2D eigenvalue weighted by molar-refractivity contribution is 4.70. The van der Waals surface area contributed by atoms with Gasteiger partial charge in [-0.2, -0.15) is 0 Å². The number of hydrogen-bond acceptors (Lipinski definition) is 1. The predicted molar refractivity (Wildman–Crippen MR) is 49.8 cm³/mol. The molecule has 11 heavy (non-hydrogen) atoms. The van der Waals surface area contributed by atoms with Crippen molar-refractivity contribution in [2.75, 3.05) is 13.2 Å². The lowest BCUT2D eigenvalue weighted by Gasteiger charge is -2.27. The first-order valence-corrected chi connectivity index (χ1v) is 4.76. The molecule has 0 saturated carbocycles. The molecule has 1 unspecified atom stereocenters. The van der Waals surface area contributed by atoms with Crippen LogP contribution in [0.25, 0.3) is 0 Å². The summed E-state index contributed by atoms with van der Waals surface area (Å²) in [5.74, 6) is 0. The first kappa shape index (κ1) is 11.0. The second-order valence-corrected chi connectivity index (χ2v) is 3.55. The molecule has 1 atom stereocenters. The lowest BCUT2D eigenvalue weighted by molar-refractivity contribution is 0.0527. The lowest BCUT2D eigenvalue weighted by Crippen LogP contribution is -2.22. The Hall–Kier alpha value is -0.0400. The summed E-state index contributed by atoms with van der Waals surface area (Å²) in [7, 11) is 0. The van der Waals surface area contributed by atoms with Gasteiger partial charge in [0.25, 0.3) is 0 Å². The van der Waals surface area contributed by atoms with Gasteiger partial charge in [0.1, 0.15) is 0 Å². The van der Waals surface area contributed by atoms with Gasteiger partial charge in [0.15, 0.2) is 0 Å². The average molecular weight is 158 g/mol. The van der Waals surface area contributed by atoms with Crippen molar-refractivity contribution in [3.05, 3.63) is 0 Å². The Labute approximate surface area is 71.1 Å². The molecule has 0 saturated heterocycles. The molecule has 0 bridgehead atoms. The van der Waals surface area contributed by atoms with Crippen molar-refractivity contribution in [3.63, 3.8) is 0 Å². The fourth-order valence-electron chi connectivity index (χ4n) is 1.30. The highest BCUT2D eigenvalue weighted by Crippen LogP contribution is 2.27. The summed E-state index contributed by atoms with van der Waals surface area (Å²) < 4.78 is 5.44. The van der Waals surface area contributed by atoms with E-state index in [1.54, 1.807) is 0 Å². The van der Waals surface area contributed by atoms with Gasteiger partial charge in [-0.3, -0.25) is 0 Å². The van der Waals surface area contributed by atoms with Crippen LogP contribution in [0, 0.1) is 5.41 Å². The van der Waals surface area contributed by atoms with Gasteiger partial charge < -0.3 is 4.74 Å². The van der Waals surface area contributed by atoms with Crippen LogP contribution in [-0.4, -0.2) is 13.2 Å². The monoisotopic (exact) mass is 158 g/mol. The van der Waals surface area contributed by atoms with Gasteiger partial charge in [-0.25, -0.2) is 0 Å². The molecule has 0 aliphatic heterocycles. The fraction of sp³-hybridized carbons (Fsp3) is 1.00. The minimum absolute atomic E-state index is 0.421. The molecule has 0 aromatic rings. The Bertz CT molecular complexity index is 90.9. The van der Waals surface area contributed by atoms with Crippen LogP contribution in [0.1, 0.15) is 47.0 Å². The molecule has 0 aliphatic rings. The Morgan fingerprint density at radius 2 is 1.82 bits per heavy atom. The molecular weight excluding hydrogens is 136 g/mol. The molecule has 0 spiro atoms.